The van der Waals surface area contributed by atoms with Crippen LogP contribution in [0.2, 0.25) is 0 Å². The SMILES string of the molecule is CCCn1ccnc1CC(=O)[C@H](N)c1ccccc1. The van der Waals surface area contributed by atoms with Crippen molar-refractivity contribution in [2.75, 3.05) is 0 Å². The zero-order valence-electron chi connectivity index (χ0n) is 11.1. The molecule has 0 radical (unpaired) electrons. The molecule has 1 atom stereocenters. The predicted molar refractivity (Wildman–Crippen MR) is 74.6 cm³/mol. The van der Waals surface area contributed by atoms with E-state index >= 15 is 0 Å². The molecule has 2 aromatic rings. The minimum atomic E-state index is -0.576. The number of carbonyl (C=O) groups is 1. The summed E-state index contributed by atoms with van der Waals surface area (Å²) in [5.41, 5.74) is 6.84. The Morgan fingerprint density at radius 3 is 2.79 bits per heavy atom. The molecule has 2 N–H and O–H groups in total. The van der Waals surface area contributed by atoms with Gasteiger partial charge in [0, 0.05) is 18.9 Å². The maximum atomic E-state index is 12.2. The normalized spacial score (nSPS) is 12.3. The number of nitrogens with two attached hydrogens (primary N) is 1. The van der Waals surface area contributed by atoms with Crippen molar-refractivity contribution in [3.8, 4) is 0 Å². The van der Waals surface area contributed by atoms with Gasteiger partial charge in [0.1, 0.15) is 5.82 Å². The van der Waals surface area contributed by atoms with Gasteiger partial charge in [-0.3, -0.25) is 4.79 Å². The molecule has 1 heterocycles. The Morgan fingerprint density at radius 1 is 1.37 bits per heavy atom. The molecule has 0 amide bonds. The second-order valence-electron chi connectivity index (χ2n) is 4.57. The number of aryl methyl sites for hydroxylation is 1. The van der Waals surface area contributed by atoms with Crippen LogP contribution >= 0.6 is 0 Å². The van der Waals surface area contributed by atoms with E-state index in [1.165, 1.54) is 0 Å². The van der Waals surface area contributed by atoms with Crippen LogP contribution < -0.4 is 5.73 Å². The van der Waals surface area contributed by atoms with E-state index in [-0.39, 0.29) is 12.2 Å². The maximum Gasteiger partial charge on any atom is 0.161 e. The van der Waals surface area contributed by atoms with E-state index in [1.54, 1.807) is 6.20 Å². The van der Waals surface area contributed by atoms with E-state index in [2.05, 4.69) is 11.9 Å². The molecule has 0 aliphatic carbocycles. The molecule has 1 aromatic carbocycles. The van der Waals surface area contributed by atoms with Crippen molar-refractivity contribution in [3.63, 3.8) is 0 Å². The van der Waals surface area contributed by atoms with Crippen molar-refractivity contribution < 1.29 is 4.79 Å². The lowest BCUT2D eigenvalue weighted by Gasteiger charge is -2.11. The van der Waals surface area contributed by atoms with Crippen LogP contribution in [0.15, 0.2) is 42.7 Å². The number of hydrogen-bond acceptors (Lipinski definition) is 3. The summed E-state index contributed by atoms with van der Waals surface area (Å²) in [6, 6.07) is 8.87. The molecule has 0 saturated heterocycles. The van der Waals surface area contributed by atoms with Gasteiger partial charge in [0.05, 0.1) is 12.5 Å². The minimum Gasteiger partial charge on any atom is -0.335 e. The second-order valence-corrected chi connectivity index (χ2v) is 4.57. The number of nitrogens with zero attached hydrogens (tertiary/aromatic N) is 2. The number of carbonyl (C=O) groups excluding carboxylic acids is 1. The highest BCUT2D eigenvalue weighted by Gasteiger charge is 2.17. The van der Waals surface area contributed by atoms with Gasteiger partial charge in [-0.15, -0.1) is 0 Å². The van der Waals surface area contributed by atoms with Crippen LogP contribution in [0, 0.1) is 0 Å². The molecule has 0 bridgehead atoms. The Balaban J connectivity index is 2.06. The summed E-state index contributed by atoms with van der Waals surface area (Å²) < 4.78 is 2.01. The lowest BCUT2D eigenvalue weighted by molar-refractivity contribution is -0.119. The van der Waals surface area contributed by atoms with E-state index in [0.29, 0.717) is 0 Å². The smallest absolute Gasteiger partial charge is 0.161 e. The number of aromatic nitrogens is 2. The molecular formula is C15H19N3O. The number of ketones is 1. The molecule has 0 spiro atoms. The topological polar surface area (TPSA) is 60.9 Å². The van der Waals surface area contributed by atoms with Crippen molar-refractivity contribution in [1.29, 1.82) is 0 Å². The van der Waals surface area contributed by atoms with Crippen LogP contribution in [-0.4, -0.2) is 15.3 Å². The Morgan fingerprint density at radius 2 is 2.11 bits per heavy atom. The molecule has 0 unspecified atom stereocenters. The molecule has 2 rings (SSSR count). The first-order valence-corrected chi connectivity index (χ1v) is 6.55. The van der Waals surface area contributed by atoms with Crippen LogP contribution in [0.3, 0.4) is 0 Å². The minimum absolute atomic E-state index is 0.00486. The van der Waals surface area contributed by atoms with Gasteiger partial charge in [-0.05, 0) is 12.0 Å². The Kier molecular flexibility index (Phi) is 4.47. The van der Waals surface area contributed by atoms with Gasteiger partial charge in [-0.1, -0.05) is 37.3 Å². The third-order valence-electron chi connectivity index (χ3n) is 3.10. The molecule has 0 aliphatic rings. The zero-order valence-corrected chi connectivity index (χ0v) is 11.1. The van der Waals surface area contributed by atoms with Crippen molar-refractivity contribution >= 4 is 5.78 Å². The van der Waals surface area contributed by atoms with E-state index in [0.717, 1.165) is 24.4 Å². The highest BCUT2D eigenvalue weighted by molar-refractivity contribution is 5.86. The molecule has 19 heavy (non-hydrogen) atoms. The summed E-state index contributed by atoms with van der Waals surface area (Å²) in [7, 11) is 0. The number of Topliss-reactive ketones (excluding diaryl/α,β-unsaturated/α-hetero) is 1. The van der Waals surface area contributed by atoms with Gasteiger partial charge in [0.25, 0.3) is 0 Å². The highest BCUT2D eigenvalue weighted by atomic mass is 16.1. The fourth-order valence-electron chi connectivity index (χ4n) is 2.06. The third-order valence-corrected chi connectivity index (χ3v) is 3.10. The molecule has 4 nitrogen and oxygen atoms in total. The monoisotopic (exact) mass is 257 g/mol. The first-order valence-electron chi connectivity index (χ1n) is 6.55. The van der Waals surface area contributed by atoms with Crippen molar-refractivity contribution in [3.05, 3.63) is 54.1 Å². The van der Waals surface area contributed by atoms with Gasteiger partial charge < -0.3 is 10.3 Å². The number of benzene rings is 1. The van der Waals surface area contributed by atoms with Gasteiger partial charge in [0.15, 0.2) is 5.78 Å². The van der Waals surface area contributed by atoms with E-state index in [9.17, 15) is 4.79 Å². The number of hydrogen-bond donors (Lipinski definition) is 1. The van der Waals surface area contributed by atoms with Gasteiger partial charge >= 0.3 is 0 Å². The molecule has 100 valence electrons. The van der Waals surface area contributed by atoms with E-state index in [1.807, 2.05) is 41.1 Å². The molecule has 0 saturated carbocycles. The van der Waals surface area contributed by atoms with E-state index in [4.69, 9.17) is 5.73 Å². The van der Waals surface area contributed by atoms with Crippen molar-refractivity contribution in [1.82, 2.24) is 9.55 Å². The van der Waals surface area contributed by atoms with Crippen LogP contribution in [-0.2, 0) is 17.8 Å². The summed E-state index contributed by atoms with van der Waals surface area (Å²) >= 11 is 0. The molecule has 1 aromatic heterocycles. The first-order chi connectivity index (χ1) is 9.22. The van der Waals surface area contributed by atoms with Crippen LogP contribution in [0.4, 0.5) is 0 Å². The standard InChI is InChI=1S/C15H19N3O/c1-2-9-18-10-8-17-14(18)11-13(19)15(16)12-6-4-3-5-7-12/h3-8,10,15H,2,9,11,16H2,1H3/t15-/m1/s1. The summed E-state index contributed by atoms with van der Waals surface area (Å²) in [5.74, 6) is 0.785. The molecule has 0 aliphatic heterocycles. The lowest BCUT2D eigenvalue weighted by Crippen LogP contribution is -2.24. The van der Waals surface area contributed by atoms with Crippen LogP contribution in [0.1, 0.15) is 30.8 Å². The quantitative estimate of drug-likeness (QED) is 0.862. The van der Waals surface area contributed by atoms with Crippen LogP contribution in [0.25, 0.3) is 0 Å². The summed E-state index contributed by atoms with van der Waals surface area (Å²) in [5, 5.41) is 0. The summed E-state index contributed by atoms with van der Waals surface area (Å²) in [6.45, 7) is 2.98. The second kappa shape index (κ2) is 6.29. The number of imidazole rings is 1. The lowest BCUT2D eigenvalue weighted by atomic mass is 10.0. The van der Waals surface area contributed by atoms with Gasteiger partial charge in [0.2, 0.25) is 0 Å². The fraction of sp³-hybridized carbons (Fsp3) is 0.333. The molecule has 4 heteroatoms. The Hall–Kier alpha value is -1.94. The Labute approximate surface area is 113 Å². The summed E-state index contributed by atoms with van der Waals surface area (Å²) in [4.78, 5) is 16.4. The number of rotatable bonds is 6. The zero-order chi connectivity index (χ0) is 13.7. The van der Waals surface area contributed by atoms with Crippen molar-refractivity contribution in [2.45, 2.75) is 32.4 Å². The van der Waals surface area contributed by atoms with Crippen LogP contribution in [0.5, 0.6) is 0 Å². The first kappa shape index (κ1) is 13.5. The fourth-order valence-corrected chi connectivity index (χ4v) is 2.06. The Bertz CT molecular complexity index is 533. The van der Waals surface area contributed by atoms with E-state index < -0.39 is 6.04 Å². The molecular weight excluding hydrogens is 238 g/mol. The largest absolute Gasteiger partial charge is 0.335 e. The van der Waals surface area contributed by atoms with Gasteiger partial charge in [-0.25, -0.2) is 4.98 Å². The highest BCUT2D eigenvalue weighted by Crippen LogP contribution is 2.13. The summed E-state index contributed by atoms with van der Waals surface area (Å²) in [6.07, 6.45) is 4.93. The van der Waals surface area contributed by atoms with Crippen molar-refractivity contribution in [2.24, 2.45) is 5.73 Å². The average molecular weight is 257 g/mol. The average Bonchev–Trinajstić information content (AvgIpc) is 2.86. The van der Waals surface area contributed by atoms with Gasteiger partial charge in [-0.2, -0.15) is 0 Å². The predicted octanol–water partition coefficient (Wildman–Crippen LogP) is 2.10. The molecule has 0 fully saturated rings. The maximum absolute atomic E-state index is 12.2. The third kappa shape index (κ3) is 3.29.